The second-order valence-electron chi connectivity index (χ2n) is 39.2. The van der Waals surface area contributed by atoms with Crippen LogP contribution in [0.2, 0.25) is 10.0 Å². The summed E-state index contributed by atoms with van der Waals surface area (Å²) in [7, 11) is -1.35. The van der Waals surface area contributed by atoms with Crippen molar-refractivity contribution in [2.24, 2.45) is 0 Å². The van der Waals surface area contributed by atoms with E-state index in [0.717, 1.165) is 92.4 Å². The first-order valence-corrected chi connectivity index (χ1v) is 52.6. The Hall–Kier alpha value is -12.2. The molecule has 7 aromatic heterocycles. The molecule has 14 aromatic carbocycles. The molecule has 720 valence electrons. The summed E-state index contributed by atoms with van der Waals surface area (Å²) in [6, 6.07) is 127. The number of para-hydroxylation sites is 3. The van der Waals surface area contributed by atoms with Crippen LogP contribution >= 0.6 is 93.6 Å². The molecule has 22 heteroatoms. The molecule has 10 heterocycles. The molecular formula is C123H106B3Br3Cl2IN7O6. The van der Waals surface area contributed by atoms with Gasteiger partial charge in [-0.05, 0) is 376 Å². The van der Waals surface area contributed by atoms with E-state index in [9.17, 15) is 0 Å². The first kappa shape index (κ1) is 101. The van der Waals surface area contributed by atoms with Gasteiger partial charge in [-0.1, -0.05) is 249 Å². The molecule has 0 bridgehead atoms. The molecule has 0 N–H and O–H groups in total. The Bertz CT molecular complexity index is 8180. The quantitative estimate of drug-likeness (QED) is 0.0966. The summed E-state index contributed by atoms with van der Waals surface area (Å²) in [5.41, 5.74) is 26.6. The summed E-state index contributed by atoms with van der Waals surface area (Å²) in [6.45, 7) is 24.6. The number of rotatable bonds is 10. The highest BCUT2D eigenvalue weighted by Crippen LogP contribution is 2.47. The molecule has 4 aliphatic rings. The number of pyridine rings is 4. The second-order valence-corrected chi connectivity index (χ2v) is 43.9. The monoisotopic (exact) mass is 2240 g/mol. The summed E-state index contributed by atoms with van der Waals surface area (Å²) < 4.78 is 48.0. The predicted octanol–water partition coefficient (Wildman–Crippen LogP) is 33.6. The summed E-state index contributed by atoms with van der Waals surface area (Å²) in [5, 5.41) is 8.95. The van der Waals surface area contributed by atoms with Crippen molar-refractivity contribution in [2.45, 2.75) is 123 Å². The normalized spacial score (nSPS) is 15.1. The van der Waals surface area contributed by atoms with Crippen LogP contribution in [-0.4, -0.2) is 88.4 Å². The fourth-order valence-electron chi connectivity index (χ4n) is 18.6. The second kappa shape index (κ2) is 43.1. The molecule has 3 saturated heterocycles. The van der Waals surface area contributed by atoms with Crippen molar-refractivity contribution < 1.29 is 27.9 Å². The van der Waals surface area contributed by atoms with Gasteiger partial charge in [0, 0.05) is 127 Å². The molecule has 3 fully saturated rings. The van der Waals surface area contributed by atoms with Crippen molar-refractivity contribution >= 4 is 186 Å². The molecule has 0 unspecified atom stereocenters. The van der Waals surface area contributed by atoms with Crippen LogP contribution in [0.1, 0.15) is 94.2 Å². The van der Waals surface area contributed by atoms with Crippen molar-refractivity contribution in [1.82, 2.24) is 33.6 Å². The zero-order chi connectivity index (χ0) is 101. The maximum Gasteiger partial charge on any atom is 0.494 e. The highest BCUT2D eigenvalue weighted by molar-refractivity contribution is 14.1. The van der Waals surface area contributed by atoms with Crippen molar-refractivity contribution in [2.75, 3.05) is 0 Å². The van der Waals surface area contributed by atoms with Gasteiger partial charge in [-0.15, -0.1) is 0 Å². The zero-order valence-corrected chi connectivity index (χ0v) is 91.0. The number of fused-ring (bicyclic) bond motifs is 12. The van der Waals surface area contributed by atoms with Crippen LogP contribution in [0.15, 0.2) is 427 Å². The van der Waals surface area contributed by atoms with Crippen LogP contribution in [0, 0.1) is 3.57 Å². The molecule has 1 aliphatic carbocycles. The summed E-state index contributed by atoms with van der Waals surface area (Å²) >= 11 is 24.9. The number of halogens is 6. The molecule has 0 atom stereocenters. The zero-order valence-electron chi connectivity index (χ0n) is 82.5. The van der Waals surface area contributed by atoms with E-state index in [4.69, 9.17) is 51.1 Å². The van der Waals surface area contributed by atoms with Crippen LogP contribution in [0.5, 0.6) is 0 Å². The van der Waals surface area contributed by atoms with Gasteiger partial charge in [0.15, 0.2) is 0 Å². The maximum atomic E-state index is 6.52. The lowest BCUT2D eigenvalue weighted by Gasteiger charge is -2.32. The highest BCUT2D eigenvalue weighted by Gasteiger charge is 2.64. The Kier molecular flexibility index (Phi) is 30.1. The van der Waals surface area contributed by atoms with Crippen molar-refractivity contribution in [3.63, 3.8) is 0 Å². The lowest BCUT2D eigenvalue weighted by Crippen LogP contribution is -2.41. The topological polar surface area (TPSA) is 122 Å². The average Bonchev–Trinajstić information content (AvgIpc) is 1.57. The van der Waals surface area contributed by atoms with Crippen LogP contribution in [0.25, 0.3) is 149 Å². The standard InChI is InChI=1S/C29H27BN2O2.C29H19ClN2.C23H15BrN2.C13H9Br.C12H24B2O4.C11H8IN.C6H4BrCl/c1-28(2)29(3,4)34-30(33-28)22-12-13-25-24-10-5-6-11-26(24)32(27(25)19-22)23-9-7-8-21(18-23)20-14-16-31-17-15-20;30-27-10-3-1-8-24(27)22-12-13-26-25-9-2-4-11-28(25)32(29(26)19-22)23-7-5-6-21(18-23)20-14-16-31-17-15-20;24-18-8-9-21-20-6-1-2-7-22(20)26(23(21)15-18)19-5-3-4-17(14-19)16-10-12-25-13-11-16;14-11-5-6-13-10(8-11)7-9-3-1-2-4-12(9)13;1-9(2)10(3,4)16-13(15-9)14-17-11(5,6)12(7,8)18-14;12-11-3-1-2-10(8-11)9-4-6-13-7-5-9;7-5-3-1-2-4-6(5)8/h5-19H,1-4H3;1-19H;1-15H;1-6,8H,7H2;1-8H3;1-8H;1-4H. The molecule has 0 saturated carbocycles. The van der Waals surface area contributed by atoms with Gasteiger partial charge in [0.1, 0.15) is 0 Å². The lowest BCUT2D eigenvalue weighted by molar-refractivity contribution is 0.00578. The molecular weight excluding hydrogens is 2140 g/mol. The Morgan fingerprint density at radius 3 is 1.03 bits per heavy atom. The van der Waals surface area contributed by atoms with Gasteiger partial charge in [-0.2, -0.15) is 0 Å². The van der Waals surface area contributed by atoms with Crippen molar-refractivity contribution in [3.05, 3.63) is 452 Å². The molecule has 0 amide bonds. The maximum absolute atomic E-state index is 6.52. The minimum Gasteiger partial charge on any atom is -0.405 e. The minimum atomic E-state index is -0.476. The Morgan fingerprint density at radius 2 is 0.600 bits per heavy atom. The third kappa shape index (κ3) is 21.8. The largest absolute Gasteiger partial charge is 0.494 e. The Morgan fingerprint density at radius 1 is 0.262 bits per heavy atom. The fourth-order valence-corrected chi connectivity index (χ4v) is 20.6. The van der Waals surface area contributed by atoms with E-state index >= 15 is 0 Å². The predicted molar refractivity (Wildman–Crippen MR) is 622 cm³/mol. The molecule has 0 radical (unpaired) electrons. The summed E-state index contributed by atoms with van der Waals surface area (Å²) in [6.07, 6.45) is 15.7. The first-order chi connectivity index (χ1) is 69.8. The summed E-state index contributed by atoms with van der Waals surface area (Å²) in [5.74, 6) is 0. The molecule has 3 aliphatic heterocycles. The number of hydrogen-bond donors (Lipinski definition) is 0. The number of aromatic nitrogens is 7. The molecule has 0 spiro atoms. The first-order valence-electron chi connectivity index (χ1n) is 48.4. The summed E-state index contributed by atoms with van der Waals surface area (Å²) in [4.78, 5) is 16.4. The van der Waals surface area contributed by atoms with E-state index in [1.807, 2.05) is 196 Å². The van der Waals surface area contributed by atoms with Gasteiger partial charge in [-0.25, -0.2) is 0 Å². The molecule has 21 aromatic rings. The van der Waals surface area contributed by atoms with Gasteiger partial charge in [0.2, 0.25) is 0 Å². The van der Waals surface area contributed by atoms with E-state index in [-0.39, 0.29) is 33.6 Å². The van der Waals surface area contributed by atoms with Gasteiger partial charge >= 0.3 is 21.1 Å². The van der Waals surface area contributed by atoms with Crippen LogP contribution in [-0.2, 0) is 34.3 Å². The van der Waals surface area contributed by atoms with E-state index in [1.54, 1.807) is 0 Å². The Balaban J connectivity index is 0.000000111. The minimum absolute atomic E-state index is 0.360. The van der Waals surface area contributed by atoms with Gasteiger partial charge < -0.3 is 41.6 Å². The number of benzene rings is 14. The van der Waals surface area contributed by atoms with Crippen LogP contribution < -0.4 is 5.46 Å². The molecule has 25 rings (SSSR count). The molecule has 145 heavy (non-hydrogen) atoms. The van der Waals surface area contributed by atoms with E-state index in [1.165, 1.54) is 107 Å². The smallest absolute Gasteiger partial charge is 0.405 e. The van der Waals surface area contributed by atoms with Gasteiger partial charge in [0.25, 0.3) is 0 Å². The fraction of sp³-hybridized carbons (Fsp3) is 0.154. The van der Waals surface area contributed by atoms with E-state index < -0.39 is 21.1 Å². The highest BCUT2D eigenvalue weighted by atomic mass is 127. The van der Waals surface area contributed by atoms with Crippen molar-refractivity contribution in [1.29, 1.82) is 0 Å². The van der Waals surface area contributed by atoms with E-state index in [0.29, 0.717) is 0 Å². The number of hydrogen-bond acceptors (Lipinski definition) is 10. The van der Waals surface area contributed by atoms with Crippen LogP contribution in [0.4, 0.5) is 0 Å². The number of nitrogens with zero attached hydrogens (tertiary/aromatic N) is 7. The lowest BCUT2D eigenvalue weighted by atomic mass is 9.49. The molecule has 13 nitrogen and oxygen atoms in total. The van der Waals surface area contributed by atoms with Gasteiger partial charge in [0.05, 0.1) is 71.7 Å². The van der Waals surface area contributed by atoms with Gasteiger partial charge in [-0.3, -0.25) is 19.9 Å². The van der Waals surface area contributed by atoms with E-state index in [2.05, 4.69) is 405 Å². The third-order valence-electron chi connectivity index (χ3n) is 28.3. The Labute approximate surface area is 897 Å². The van der Waals surface area contributed by atoms with Crippen molar-refractivity contribution in [3.8, 4) is 83.8 Å². The van der Waals surface area contributed by atoms with Crippen LogP contribution in [0.3, 0.4) is 0 Å². The SMILES string of the molecule is Brc1ccc2c(c1)Cc1ccccc1-2.Brc1ccc2c3ccccc3n(-c3cccc(-c4ccncc4)c3)c2c1.CC1(C)OB(B2OC(C)(C)C(C)(C)O2)OC1(C)C.CC1(C)OB(c2ccc3c4ccccc4n(-c4cccc(-c5ccncc5)c4)c3c2)OC1(C)C.Clc1ccccc1-c1ccc2c3ccccc3n(-c3cccc(-c4ccncc4)c3)c2c1.Clc1ccccc1Br.Ic1cccc(-c2ccncc2)c1. The third-order valence-corrected chi connectivity index (χ3v) is 31.5. The average molecular weight is 2250 g/mol.